The molecule has 1 aromatic carbocycles. The lowest BCUT2D eigenvalue weighted by atomic mass is 10.0. The molecule has 3 rings (SSSR count). The van der Waals surface area contributed by atoms with E-state index in [1.165, 1.54) is 17.0 Å². The van der Waals surface area contributed by atoms with E-state index in [2.05, 4.69) is 32.7 Å². The minimum absolute atomic E-state index is 0.0750. The Bertz CT molecular complexity index is 780. The molecule has 0 radical (unpaired) electrons. The highest BCUT2D eigenvalue weighted by atomic mass is 79.9. The maximum atomic E-state index is 13.4. The molecule has 0 fully saturated rings. The number of thiophene rings is 1. The van der Waals surface area contributed by atoms with Crippen LogP contribution < -0.4 is 5.32 Å². The number of rotatable bonds is 4. The van der Waals surface area contributed by atoms with Gasteiger partial charge in [-0.2, -0.15) is 0 Å². The molecular formula is C16H15BrFNOS. The number of hydrogen-bond donors (Lipinski definition) is 1. The van der Waals surface area contributed by atoms with E-state index in [9.17, 15) is 4.39 Å². The van der Waals surface area contributed by atoms with E-state index >= 15 is 0 Å². The first kappa shape index (κ1) is 14.8. The van der Waals surface area contributed by atoms with Gasteiger partial charge in [0.15, 0.2) is 0 Å². The summed E-state index contributed by atoms with van der Waals surface area (Å²) in [5.41, 5.74) is 1.73. The Morgan fingerprint density at radius 3 is 2.86 bits per heavy atom. The van der Waals surface area contributed by atoms with Crippen LogP contribution in [0.2, 0.25) is 0 Å². The summed E-state index contributed by atoms with van der Waals surface area (Å²) in [6, 6.07) is 6.85. The molecule has 2 aromatic heterocycles. The number of furan rings is 1. The number of aryl methyl sites for hydroxylation is 1. The predicted molar refractivity (Wildman–Crippen MR) is 88.4 cm³/mol. The predicted octanol–water partition coefficient (Wildman–Crippen LogP) is 5.21. The number of halogens is 2. The van der Waals surface area contributed by atoms with Gasteiger partial charge >= 0.3 is 0 Å². The normalized spacial score (nSPS) is 13.0. The molecule has 1 atom stereocenters. The van der Waals surface area contributed by atoms with Gasteiger partial charge in [0, 0.05) is 32.1 Å². The van der Waals surface area contributed by atoms with E-state index in [0.29, 0.717) is 0 Å². The topological polar surface area (TPSA) is 25.2 Å². The first-order valence-corrected chi connectivity index (χ1v) is 8.34. The molecule has 110 valence electrons. The van der Waals surface area contributed by atoms with Crippen molar-refractivity contribution in [3.63, 3.8) is 0 Å². The average Bonchev–Trinajstić information content (AvgIpc) is 3.01. The van der Waals surface area contributed by atoms with E-state index in [4.69, 9.17) is 4.42 Å². The van der Waals surface area contributed by atoms with Gasteiger partial charge in [0.25, 0.3) is 0 Å². The SMILES string of the molecule is CNC(Cc1cc(Br)cs1)c1oc2ccc(F)cc2c1C. The van der Waals surface area contributed by atoms with Gasteiger partial charge in [-0.05, 0) is 54.2 Å². The van der Waals surface area contributed by atoms with E-state index in [1.54, 1.807) is 17.4 Å². The van der Waals surface area contributed by atoms with Crippen LogP contribution in [0.4, 0.5) is 4.39 Å². The molecule has 0 saturated heterocycles. The number of nitrogens with one attached hydrogen (secondary N) is 1. The summed E-state index contributed by atoms with van der Waals surface area (Å²) >= 11 is 5.19. The van der Waals surface area contributed by atoms with Crippen molar-refractivity contribution in [2.24, 2.45) is 0 Å². The monoisotopic (exact) mass is 367 g/mol. The van der Waals surface area contributed by atoms with Crippen molar-refractivity contribution in [3.05, 3.63) is 56.1 Å². The van der Waals surface area contributed by atoms with Crippen LogP contribution in [0, 0.1) is 12.7 Å². The molecule has 0 aliphatic rings. The smallest absolute Gasteiger partial charge is 0.134 e. The molecule has 0 spiro atoms. The van der Waals surface area contributed by atoms with Crippen LogP contribution in [-0.2, 0) is 6.42 Å². The standard InChI is InChI=1S/C16H15BrFNOS/c1-9-13-6-11(18)3-4-15(13)20-16(9)14(19-2)7-12-5-10(17)8-21-12/h3-6,8,14,19H,7H2,1-2H3. The second-order valence-electron chi connectivity index (χ2n) is 5.01. The first-order chi connectivity index (χ1) is 10.1. The van der Waals surface area contributed by atoms with Crippen LogP contribution in [0.5, 0.6) is 0 Å². The van der Waals surface area contributed by atoms with Crippen molar-refractivity contribution in [1.82, 2.24) is 5.32 Å². The fraction of sp³-hybridized carbons (Fsp3) is 0.250. The molecule has 1 unspecified atom stereocenters. The largest absolute Gasteiger partial charge is 0.459 e. The highest BCUT2D eigenvalue weighted by Gasteiger charge is 2.20. The van der Waals surface area contributed by atoms with Gasteiger partial charge < -0.3 is 9.73 Å². The minimum Gasteiger partial charge on any atom is -0.459 e. The van der Waals surface area contributed by atoms with Crippen LogP contribution in [-0.4, -0.2) is 7.05 Å². The Labute approximate surface area is 135 Å². The molecule has 0 bridgehead atoms. The third-order valence-corrected chi connectivity index (χ3v) is 5.35. The summed E-state index contributed by atoms with van der Waals surface area (Å²) in [7, 11) is 1.92. The second kappa shape index (κ2) is 5.91. The van der Waals surface area contributed by atoms with Gasteiger partial charge in [0.1, 0.15) is 17.2 Å². The van der Waals surface area contributed by atoms with Gasteiger partial charge in [0.2, 0.25) is 0 Å². The zero-order chi connectivity index (χ0) is 15.0. The van der Waals surface area contributed by atoms with Crippen LogP contribution in [0.3, 0.4) is 0 Å². The summed E-state index contributed by atoms with van der Waals surface area (Å²) in [6.07, 6.45) is 0.843. The fourth-order valence-corrected chi connectivity index (χ4v) is 4.03. The van der Waals surface area contributed by atoms with Crippen molar-refractivity contribution < 1.29 is 8.81 Å². The van der Waals surface area contributed by atoms with E-state index in [-0.39, 0.29) is 11.9 Å². The highest BCUT2D eigenvalue weighted by molar-refractivity contribution is 9.10. The van der Waals surface area contributed by atoms with Gasteiger partial charge in [0.05, 0.1) is 6.04 Å². The minimum atomic E-state index is -0.235. The molecule has 0 aliphatic heterocycles. The third-order valence-electron chi connectivity index (χ3n) is 3.63. The molecule has 2 nitrogen and oxygen atoms in total. The van der Waals surface area contributed by atoms with Crippen molar-refractivity contribution in [3.8, 4) is 0 Å². The molecule has 5 heteroatoms. The molecule has 2 heterocycles. The molecule has 0 aliphatic carbocycles. The second-order valence-corrected chi connectivity index (χ2v) is 6.92. The van der Waals surface area contributed by atoms with Gasteiger partial charge in [-0.3, -0.25) is 0 Å². The van der Waals surface area contributed by atoms with Crippen LogP contribution in [0.25, 0.3) is 11.0 Å². The highest BCUT2D eigenvalue weighted by Crippen LogP contribution is 2.32. The van der Waals surface area contributed by atoms with E-state index < -0.39 is 0 Å². The van der Waals surface area contributed by atoms with Gasteiger partial charge in [-0.25, -0.2) is 4.39 Å². The first-order valence-electron chi connectivity index (χ1n) is 6.67. The van der Waals surface area contributed by atoms with Crippen molar-refractivity contribution in [1.29, 1.82) is 0 Å². The summed E-state index contributed by atoms with van der Waals surface area (Å²) in [4.78, 5) is 1.27. The molecule has 21 heavy (non-hydrogen) atoms. The Morgan fingerprint density at radius 1 is 1.38 bits per heavy atom. The average molecular weight is 368 g/mol. The lowest BCUT2D eigenvalue weighted by Crippen LogP contribution is -2.18. The van der Waals surface area contributed by atoms with Crippen molar-refractivity contribution >= 4 is 38.2 Å². The third kappa shape index (κ3) is 2.91. The Balaban J connectivity index is 1.98. The Kier molecular flexibility index (Phi) is 4.15. The maximum Gasteiger partial charge on any atom is 0.134 e. The summed E-state index contributed by atoms with van der Waals surface area (Å²) < 4.78 is 20.4. The molecular weight excluding hydrogens is 353 g/mol. The number of hydrogen-bond acceptors (Lipinski definition) is 3. The van der Waals surface area contributed by atoms with E-state index in [0.717, 1.165) is 33.2 Å². The maximum absolute atomic E-state index is 13.4. The summed E-state index contributed by atoms with van der Waals surface area (Å²) in [6.45, 7) is 1.98. The summed E-state index contributed by atoms with van der Waals surface area (Å²) in [5.74, 6) is 0.642. The zero-order valence-corrected chi connectivity index (χ0v) is 14.1. The van der Waals surface area contributed by atoms with Gasteiger partial charge in [-0.15, -0.1) is 11.3 Å². The van der Waals surface area contributed by atoms with Crippen LogP contribution in [0.1, 0.15) is 22.2 Å². The number of benzene rings is 1. The van der Waals surface area contributed by atoms with Crippen molar-refractivity contribution in [2.75, 3.05) is 7.05 Å². The van der Waals surface area contributed by atoms with Crippen LogP contribution >= 0.6 is 27.3 Å². The van der Waals surface area contributed by atoms with Crippen LogP contribution in [0.15, 0.2) is 38.5 Å². The quantitative estimate of drug-likeness (QED) is 0.684. The zero-order valence-electron chi connectivity index (χ0n) is 11.7. The number of fused-ring (bicyclic) bond motifs is 1. The lowest BCUT2D eigenvalue weighted by Gasteiger charge is -2.13. The van der Waals surface area contributed by atoms with Gasteiger partial charge in [-0.1, -0.05) is 0 Å². The molecule has 1 N–H and O–H groups in total. The van der Waals surface area contributed by atoms with Crippen molar-refractivity contribution in [2.45, 2.75) is 19.4 Å². The van der Waals surface area contributed by atoms with E-state index in [1.807, 2.05) is 14.0 Å². The molecule has 0 amide bonds. The molecule has 3 aromatic rings. The summed E-state index contributed by atoms with van der Waals surface area (Å²) in [5, 5.41) is 6.21. The molecule has 0 saturated carbocycles. The Morgan fingerprint density at radius 2 is 2.19 bits per heavy atom. The lowest BCUT2D eigenvalue weighted by molar-refractivity contribution is 0.449. The fourth-order valence-electron chi connectivity index (χ4n) is 2.53. The Hall–Kier alpha value is -1.17. The number of likely N-dealkylation sites (N-methyl/N-ethyl adjacent to an activating group) is 1.